The van der Waals surface area contributed by atoms with E-state index in [1.807, 2.05) is 13.8 Å². The Morgan fingerprint density at radius 3 is 2.80 bits per heavy atom. The van der Waals surface area contributed by atoms with Crippen LogP contribution in [-0.4, -0.2) is 48.3 Å². The molecule has 4 heteroatoms. The van der Waals surface area contributed by atoms with E-state index in [0.29, 0.717) is 0 Å². The topological polar surface area (TPSA) is 49.8 Å². The Balaban J connectivity index is 2.58. The zero-order valence-electron chi connectivity index (χ0n) is 9.77. The van der Waals surface area contributed by atoms with Crippen LogP contribution in [0.1, 0.15) is 26.7 Å². The van der Waals surface area contributed by atoms with Crippen molar-refractivity contribution in [1.82, 2.24) is 4.90 Å². The minimum Gasteiger partial charge on any atom is -0.469 e. The van der Waals surface area contributed by atoms with Crippen LogP contribution >= 0.6 is 0 Å². The first-order valence-electron chi connectivity index (χ1n) is 5.56. The number of ether oxygens (including phenoxy) is 1. The number of esters is 1. The van der Waals surface area contributed by atoms with Gasteiger partial charge in [0.15, 0.2) is 0 Å². The van der Waals surface area contributed by atoms with Crippen molar-refractivity contribution in [3.63, 3.8) is 0 Å². The van der Waals surface area contributed by atoms with Crippen LogP contribution in [-0.2, 0) is 9.53 Å². The molecule has 1 rings (SSSR count). The summed E-state index contributed by atoms with van der Waals surface area (Å²) < 4.78 is 4.73. The van der Waals surface area contributed by atoms with Gasteiger partial charge < -0.3 is 9.84 Å². The van der Waals surface area contributed by atoms with E-state index in [1.54, 1.807) is 0 Å². The van der Waals surface area contributed by atoms with Crippen LogP contribution < -0.4 is 0 Å². The molecule has 3 atom stereocenters. The molecule has 1 saturated heterocycles. The zero-order valence-corrected chi connectivity index (χ0v) is 9.77. The first kappa shape index (κ1) is 12.5. The van der Waals surface area contributed by atoms with E-state index in [9.17, 15) is 9.90 Å². The van der Waals surface area contributed by atoms with Crippen LogP contribution in [0.15, 0.2) is 0 Å². The van der Waals surface area contributed by atoms with Crippen molar-refractivity contribution in [2.24, 2.45) is 5.92 Å². The molecule has 1 fully saturated rings. The van der Waals surface area contributed by atoms with Crippen molar-refractivity contribution < 1.29 is 14.6 Å². The van der Waals surface area contributed by atoms with E-state index in [0.717, 1.165) is 19.4 Å². The molecule has 1 aliphatic heterocycles. The first-order valence-corrected chi connectivity index (χ1v) is 5.56. The highest BCUT2D eigenvalue weighted by Crippen LogP contribution is 2.23. The lowest BCUT2D eigenvalue weighted by molar-refractivity contribution is -0.147. The highest BCUT2D eigenvalue weighted by atomic mass is 16.5. The molecular formula is C11H21NO3. The summed E-state index contributed by atoms with van der Waals surface area (Å²) in [6.07, 6.45) is 2.12. The Morgan fingerprint density at radius 1 is 1.60 bits per heavy atom. The van der Waals surface area contributed by atoms with Gasteiger partial charge in [-0.05, 0) is 26.3 Å². The highest BCUT2D eigenvalue weighted by Gasteiger charge is 2.33. The Kier molecular flexibility index (Phi) is 4.54. The monoisotopic (exact) mass is 215 g/mol. The molecule has 0 aromatic heterocycles. The molecule has 0 spiro atoms. The van der Waals surface area contributed by atoms with Crippen LogP contribution in [0.2, 0.25) is 0 Å². The molecule has 15 heavy (non-hydrogen) atoms. The molecule has 0 saturated carbocycles. The average Bonchev–Trinajstić information content (AvgIpc) is 2.73. The Bertz CT molecular complexity index is 220. The molecule has 2 unspecified atom stereocenters. The van der Waals surface area contributed by atoms with Gasteiger partial charge in [0.25, 0.3) is 0 Å². The summed E-state index contributed by atoms with van der Waals surface area (Å²) >= 11 is 0. The average molecular weight is 215 g/mol. The number of methoxy groups -OCH3 is 1. The van der Waals surface area contributed by atoms with E-state index in [2.05, 4.69) is 4.90 Å². The van der Waals surface area contributed by atoms with Crippen LogP contribution in [0, 0.1) is 5.92 Å². The molecule has 0 radical (unpaired) electrons. The van der Waals surface area contributed by atoms with Gasteiger partial charge in [0.2, 0.25) is 0 Å². The zero-order chi connectivity index (χ0) is 11.4. The largest absolute Gasteiger partial charge is 0.469 e. The molecule has 0 amide bonds. The standard InChI is InChI=1S/C11H21NO3/c1-8(11(14)15-3)9(2)12-6-4-5-10(12)7-13/h8-10,13H,4-7H2,1-3H3/t8?,9?,10-/m0/s1. The van der Waals surface area contributed by atoms with Crippen molar-refractivity contribution in [3.05, 3.63) is 0 Å². The number of hydrogen-bond donors (Lipinski definition) is 1. The summed E-state index contributed by atoms with van der Waals surface area (Å²) in [5.41, 5.74) is 0. The summed E-state index contributed by atoms with van der Waals surface area (Å²) in [5, 5.41) is 9.21. The first-order chi connectivity index (χ1) is 7.11. The minimum atomic E-state index is -0.175. The van der Waals surface area contributed by atoms with Crippen LogP contribution in [0.3, 0.4) is 0 Å². The third-order valence-corrected chi connectivity index (χ3v) is 3.45. The van der Waals surface area contributed by atoms with Crippen LogP contribution in [0.25, 0.3) is 0 Å². The Hall–Kier alpha value is -0.610. The number of carbonyl (C=O) groups is 1. The third-order valence-electron chi connectivity index (χ3n) is 3.45. The highest BCUT2D eigenvalue weighted by molar-refractivity contribution is 5.72. The number of likely N-dealkylation sites (tertiary alicyclic amines) is 1. The fraction of sp³-hybridized carbons (Fsp3) is 0.909. The number of rotatable bonds is 4. The summed E-state index contributed by atoms with van der Waals surface area (Å²) in [4.78, 5) is 13.6. The molecular weight excluding hydrogens is 194 g/mol. The van der Waals surface area contributed by atoms with Crippen molar-refractivity contribution in [3.8, 4) is 0 Å². The second kappa shape index (κ2) is 5.47. The predicted octanol–water partition coefficient (Wildman–Crippen LogP) is 0.641. The molecule has 0 aromatic carbocycles. The van der Waals surface area contributed by atoms with Crippen LogP contribution in [0.5, 0.6) is 0 Å². The molecule has 1 heterocycles. The van der Waals surface area contributed by atoms with E-state index in [1.165, 1.54) is 7.11 Å². The minimum absolute atomic E-state index is 0.136. The normalized spacial score (nSPS) is 26.3. The number of aliphatic hydroxyl groups excluding tert-OH is 1. The Morgan fingerprint density at radius 2 is 2.27 bits per heavy atom. The van der Waals surface area contributed by atoms with E-state index in [4.69, 9.17) is 4.74 Å². The van der Waals surface area contributed by atoms with Gasteiger partial charge in [-0.1, -0.05) is 6.92 Å². The number of carbonyl (C=O) groups excluding carboxylic acids is 1. The van der Waals surface area contributed by atoms with Gasteiger partial charge in [0.05, 0.1) is 19.6 Å². The fourth-order valence-corrected chi connectivity index (χ4v) is 2.26. The van der Waals surface area contributed by atoms with Gasteiger partial charge in [-0.25, -0.2) is 0 Å². The van der Waals surface area contributed by atoms with Gasteiger partial charge in [0, 0.05) is 12.1 Å². The van der Waals surface area contributed by atoms with E-state index >= 15 is 0 Å². The van der Waals surface area contributed by atoms with E-state index in [-0.39, 0.29) is 30.6 Å². The van der Waals surface area contributed by atoms with E-state index < -0.39 is 0 Å². The smallest absolute Gasteiger partial charge is 0.309 e. The van der Waals surface area contributed by atoms with Crippen molar-refractivity contribution in [2.45, 2.75) is 38.8 Å². The molecule has 4 nitrogen and oxygen atoms in total. The van der Waals surface area contributed by atoms with Gasteiger partial charge in [-0.3, -0.25) is 9.69 Å². The SMILES string of the molecule is COC(=O)C(C)C(C)N1CCC[C@H]1CO. The molecule has 0 aromatic rings. The van der Waals surface area contributed by atoms with Gasteiger partial charge in [0.1, 0.15) is 0 Å². The quantitative estimate of drug-likeness (QED) is 0.699. The fourth-order valence-electron chi connectivity index (χ4n) is 2.26. The molecule has 1 aliphatic rings. The maximum atomic E-state index is 11.4. The molecule has 0 aliphatic carbocycles. The molecule has 1 N–H and O–H groups in total. The molecule has 0 bridgehead atoms. The number of nitrogens with zero attached hydrogens (tertiary/aromatic N) is 1. The summed E-state index contributed by atoms with van der Waals surface area (Å²) in [7, 11) is 1.42. The van der Waals surface area contributed by atoms with Crippen LogP contribution in [0.4, 0.5) is 0 Å². The number of hydrogen-bond acceptors (Lipinski definition) is 4. The maximum Gasteiger partial charge on any atom is 0.309 e. The summed E-state index contributed by atoms with van der Waals surface area (Å²) in [6.45, 7) is 5.05. The lowest BCUT2D eigenvalue weighted by Crippen LogP contribution is -2.44. The Labute approximate surface area is 91.2 Å². The number of aliphatic hydroxyl groups is 1. The second-order valence-corrected chi connectivity index (χ2v) is 4.27. The lowest BCUT2D eigenvalue weighted by atomic mass is 10.0. The second-order valence-electron chi connectivity index (χ2n) is 4.27. The van der Waals surface area contributed by atoms with Crippen molar-refractivity contribution in [1.29, 1.82) is 0 Å². The summed E-state index contributed by atoms with van der Waals surface area (Å²) in [6, 6.07) is 0.351. The van der Waals surface area contributed by atoms with Gasteiger partial charge >= 0.3 is 5.97 Å². The summed E-state index contributed by atoms with van der Waals surface area (Å²) in [5.74, 6) is -0.312. The maximum absolute atomic E-state index is 11.4. The van der Waals surface area contributed by atoms with Crippen molar-refractivity contribution in [2.75, 3.05) is 20.3 Å². The third kappa shape index (κ3) is 2.69. The van der Waals surface area contributed by atoms with Crippen molar-refractivity contribution >= 4 is 5.97 Å². The van der Waals surface area contributed by atoms with Gasteiger partial charge in [-0.15, -0.1) is 0 Å². The lowest BCUT2D eigenvalue weighted by Gasteiger charge is -2.32. The van der Waals surface area contributed by atoms with Gasteiger partial charge in [-0.2, -0.15) is 0 Å². The predicted molar refractivity (Wildman–Crippen MR) is 57.5 cm³/mol. The molecule has 88 valence electrons.